The summed E-state index contributed by atoms with van der Waals surface area (Å²) in [4.78, 5) is 16.6. The Hall–Kier alpha value is -1.01. The maximum atomic E-state index is 13.2. The van der Waals surface area contributed by atoms with E-state index in [1.54, 1.807) is 0 Å². The van der Waals surface area contributed by atoms with Crippen LogP contribution in [0.2, 0.25) is 0 Å². The van der Waals surface area contributed by atoms with Gasteiger partial charge in [0, 0.05) is 12.3 Å². The molecule has 1 atom stereocenters. The van der Waals surface area contributed by atoms with Crippen LogP contribution in [0.5, 0.6) is 0 Å². The molecule has 1 aromatic heterocycles. The zero-order valence-corrected chi connectivity index (χ0v) is 9.24. The highest BCUT2D eigenvalue weighted by molar-refractivity contribution is 9.10. The van der Waals surface area contributed by atoms with Crippen LogP contribution >= 0.6 is 15.9 Å². The fourth-order valence-electron chi connectivity index (χ4n) is 1.46. The lowest BCUT2D eigenvalue weighted by atomic mass is 10.3. The highest BCUT2D eigenvalue weighted by Crippen LogP contribution is 2.23. The lowest BCUT2D eigenvalue weighted by Gasteiger charge is -2.14. The molecule has 1 unspecified atom stereocenters. The average Bonchev–Trinajstić information content (AvgIpc) is 2.50. The number of halogens is 2. The molecule has 1 aliphatic heterocycles. The number of amides is 1. The highest BCUT2D eigenvalue weighted by Gasteiger charge is 2.30. The summed E-state index contributed by atoms with van der Waals surface area (Å²) in [6.45, 7) is 0.174. The van der Waals surface area contributed by atoms with E-state index < -0.39 is 11.9 Å². The van der Waals surface area contributed by atoms with Crippen LogP contribution in [-0.4, -0.2) is 28.6 Å². The smallest absolute Gasteiger partial charge is 0.230 e. The molecule has 0 radical (unpaired) electrons. The fourth-order valence-corrected chi connectivity index (χ4v) is 1.68. The first kappa shape index (κ1) is 10.5. The third-order valence-electron chi connectivity index (χ3n) is 2.18. The predicted molar refractivity (Wildman–Crippen MR) is 54.9 cm³/mol. The van der Waals surface area contributed by atoms with Crippen molar-refractivity contribution in [3.63, 3.8) is 0 Å². The van der Waals surface area contributed by atoms with Gasteiger partial charge in [0.1, 0.15) is 11.6 Å². The first-order valence-corrected chi connectivity index (χ1v) is 5.16. The van der Waals surface area contributed by atoms with Crippen LogP contribution in [0.4, 0.5) is 10.2 Å². The van der Waals surface area contributed by atoms with Crippen molar-refractivity contribution in [3.05, 3.63) is 22.6 Å². The van der Waals surface area contributed by atoms with E-state index in [2.05, 4.69) is 20.9 Å². The Balaban J connectivity index is 2.30. The third-order valence-corrected chi connectivity index (χ3v) is 2.76. The van der Waals surface area contributed by atoms with E-state index >= 15 is 0 Å². The van der Waals surface area contributed by atoms with Crippen LogP contribution in [0, 0.1) is 5.82 Å². The van der Waals surface area contributed by atoms with Gasteiger partial charge in [-0.3, -0.25) is 9.69 Å². The number of aromatic nitrogens is 1. The number of rotatable bonds is 1. The van der Waals surface area contributed by atoms with Gasteiger partial charge in [-0.25, -0.2) is 9.37 Å². The molecule has 0 bridgehead atoms. The minimum Gasteiger partial charge on any atom is -0.391 e. The lowest BCUT2D eigenvalue weighted by molar-refractivity contribution is -0.117. The Morgan fingerprint density at radius 2 is 2.40 bits per heavy atom. The van der Waals surface area contributed by atoms with E-state index in [1.807, 2.05) is 0 Å². The average molecular weight is 275 g/mol. The van der Waals surface area contributed by atoms with E-state index in [1.165, 1.54) is 17.2 Å². The van der Waals surface area contributed by atoms with Gasteiger partial charge in [0.2, 0.25) is 5.91 Å². The molecule has 1 aromatic rings. The summed E-state index contributed by atoms with van der Waals surface area (Å²) in [5.74, 6) is -0.483. The number of carbonyl (C=O) groups excluding carboxylic acids is 1. The molecule has 80 valence electrons. The number of anilines is 1. The molecule has 1 fully saturated rings. The molecule has 0 saturated carbocycles. The van der Waals surface area contributed by atoms with Gasteiger partial charge >= 0.3 is 0 Å². The summed E-state index contributed by atoms with van der Waals surface area (Å²) in [6.07, 6.45) is 0.674. The van der Waals surface area contributed by atoms with Crippen molar-refractivity contribution in [3.8, 4) is 0 Å². The molecule has 1 N–H and O–H groups in total. The van der Waals surface area contributed by atoms with Crippen molar-refractivity contribution in [2.45, 2.75) is 12.5 Å². The van der Waals surface area contributed by atoms with Crippen molar-refractivity contribution in [2.24, 2.45) is 0 Å². The van der Waals surface area contributed by atoms with Crippen molar-refractivity contribution in [2.75, 3.05) is 11.4 Å². The number of pyridine rings is 1. The Morgan fingerprint density at radius 3 is 2.93 bits per heavy atom. The van der Waals surface area contributed by atoms with Crippen LogP contribution in [-0.2, 0) is 4.79 Å². The Kier molecular flexibility index (Phi) is 2.70. The first-order valence-electron chi connectivity index (χ1n) is 4.37. The van der Waals surface area contributed by atoms with Gasteiger partial charge in [0.25, 0.3) is 0 Å². The second-order valence-electron chi connectivity index (χ2n) is 3.32. The van der Waals surface area contributed by atoms with E-state index in [0.29, 0.717) is 0 Å². The van der Waals surface area contributed by atoms with Crippen LogP contribution in [0.3, 0.4) is 0 Å². The molecule has 1 saturated heterocycles. The zero-order valence-electron chi connectivity index (χ0n) is 7.65. The van der Waals surface area contributed by atoms with Crippen molar-refractivity contribution in [1.82, 2.24) is 4.98 Å². The van der Waals surface area contributed by atoms with E-state index in [9.17, 15) is 14.3 Å². The number of carbonyl (C=O) groups is 1. The Bertz CT molecular complexity index is 413. The zero-order chi connectivity index (χ0) is 11.0. The molecule has 1 amide bonds. The van der Waals surface area contributed by atoms with Crippen LogP contribution in [0.1, 0.15) is 6.42 Å². The molecule has 0 aliphatic carbocycles. The predicted octanol–water partition coefficient (Wildman–Crippen LogP) is 1.08. The number of hydrogen-bond acceptors (Lipinski definition) is 3. The second kappa shape index (κ2) is 3.86. The van der Waals surface area contributed by atoms with Gasteiger partial charge in [-0.05, 0) is 15.9 Å². The Labute approximate surface area is 93.9 Å². The van der Waals surface area contributed by atoms with Crippen LogP contribution in [0.25, 0.3) is 0 Å². The van der Waals surface area contributed by atoms with Gasteiger partial charge < -0.3 is 5.11 Å². The molecule has 6 heteroatoms. The topological polar surface area (TPSA) is 53.4 Å². The van der Waals surface area contributed by atoms with Gasteiger partial charge in [0.15, 0.2) is 0 Å². The van der Waals surface area contributed by atoms with Gasteiger partial charge in [-0.15, -0.1) is 0 Å². The van der Waals surface area contributed by atoms with E-state index in [-0.39, 0.29) is 29.2 Å². The van der Waals surface area contributed by atoms with Crippen molar-refractivity contribution >= 4 is 27.7 Å². The molecule has 0 spiro atoms. The number of aliphatic hydroxyl groups is 1. The maximum absolute atomic E-state index is 13.2. The lowest BCUT2D eigenvalue weighted by Crippen LogP contribution is -2.26. The monoisotopic (exact) mass is 274 g/mol. The quantitative estimate of drug-likeness (QED) is 0.834. The molecule has 1 aliphatic rings. The summed E-state index contributed by atoms with van der Waals surface area (Å²) in [6, 6.07) is 1.17. The van der Waals surface area contributed by atoms with E-state index in [4.69, 9.17) is 0 Å². The molecule has 15 heavy (non-hydrogen) atoms. The largest absolute Gasteiger partial charge is 0.391 e. The fraction of sp³-hybridized carbons (Fsp3) is 0.333. The summed E-state index contributed by atoms with van der Waals surface area (Å²) < 4.78 is 13.4. The molecule has 2 rings (SSSR count). The molecule has 2 heterocycles. The highest BCUT2D eigenvalue weighted by atomic mass is 79.9. The number of β-amino-alcohol motifs (C(OH)–C–C–N with tert-alkyl or cyclic N) is 1. The molecule has 0 aromatic carbocycles. The van der Waals surface area contributed by atoms with Gasteiger partial charge in [-0.1, -0.05) is 0 Å². The maximum Gasteiger partial charge on any atom is 0.230 e. The Morgan fingerprint density at radius 1 is 1.67 bits per heavy atom. The first-order chi connectivity index (χ1) is 7.08. The minimum atomic E-state index is -0.689. The SMILES string of the molecule is O=C1CC(O)CN1c1cc(F)c(Br)cn1. The van der Waals surface area contributed by atoms with Crippen molar-refractivity contribution in [1.29, 1.82) is 0 Å². The summed E-state index contributed by atoms with van der Waals surface area (Å²) in [5.41, 5.74) is 0. The van der Waals surface area contributed by atoms with E-state index in [0.717, 1.165) is 0 Å². The molecular weight excluding hydrogens is 267 g/mol. The summed E-state index contributed by atoms with van der Waals surface area (Å²) >= 11 is 2.97. The van der Waals surface area contributed by atoms with Crippen LogP contribution < -0.4 is 4.90 Å². The van der Waals surface area contributed by atoms with Gasteiger partial charge in [-0.2, -0.15) is 0 Å². The van der Waals surface area contributed by atoms with Crippen LogP contribution in [0.15, 0.2) is 16.7 Å². The molecular formula is C9H8BrFN2O2. The standard InChI is InChI=1S/C9H8BrFN2O2/c10-6-3-12-8(2-7(6)11)13-4-5(14)1-9(13)15/h2-3,5,14H,1,4H2. The summed E-state index contributed by atoms with van der Waals surface area (Å²) in [7, 11) is 0. The molecule has 4 nitrogen and oxygen atoms in total. The third kappa shape index (κ3) is 2.00. The second-order valence-corrected chi connectivity index (χ2v) is 4.17. The minimum absolute atomic E-state index is 0.0688. The van der Waals surface area contributed by atoms with Crippen molar-refractivity contribution < 1.29 is 14.3 Å². The normalized spacial score (nSPS) is 21.1. The number of aliphatic hydroxyl groups excluding tert-OH is 1. The number of nitrogens with zero attached hydrogens (tertiary/aromatic N) is 2. The van der Waals surface area contributed by atoms with Gasteiger partial charge in [0.05, 0.1) is 23.5 Å². The summed E-state index contributed by atoms with van der Waals surface area (Å²) in [5, 5.41) is 9.26. The number of hydrogen-bond donors (Lipinski definition) is 1.